The van der Waals surface area contributed by atoms with E-state index in [2.05, 4.69) is 5.32 Å². The molecule has 2 rings (SSSR count). The van der Waals surface area contributed by atoms with Gasteiger partial charge in [0.2, 0.25) is 0 Å². The van der Waals surface area contributed by atoms with Gasteiger partial charge in [0, 0.05) is 22.2 Å². The predicted octanol–water partition coefficient (Wildman–Crippen LogP) is 3.63. The Hall–Kier alpha value is -0.280. The van der Waals surface area contributed by atoms with Gasteiger partial charge in [-0.25, -0.2) is 0 Å². The highest BCUT2D eigenvalue weighted by molar-refractivity contribution is 6.35. The molecule has 0 amide bonds. The number of hydrogen-bond acceptors (Lipinski definition) is 2. The van der Waals surface area contributed by atoms with Crippen LogP contribution in [0.1, 0.15) is 31.2 Å². The second kappa shape index (κ2) is 6.76. The van der Waals surface area contributed by atoms with Crippen LogP contribution in [0, 0.1) is 5.92 Å². The lowest BCUT2D eigenvalue weighted by Crippen LogP contribution is -2.27. The van der Waals surface area contributed by atoms with Crippen LogP contribution in [0.2, 0.25) is 10.0 Å². The standard InChI is InChI=1S/C14H19Cl2NO/c15-13-2-1-3-14(16)12(13)9-17-8-10-4-6-11(18)7-5-10/h1-3,10-11,17-18H,4-9H2. The van der Waals surface area contributed by atoms with Crippen LogP contribution in [-0.2, 0) is 6.54 Å². The summed E-state index contributed by atoms with van der Waals surface area (Å²) in [5.74, 6) is 0.662. The fraction of sp³-hybridized carbons (Fsp3) is 0.571. The predicted molar refractivity (Wildman–Crippen MR) is 76.1 cm³/mol. The van der Waals surface area contributed by atoms with Crippen LogP contribution in [0.3, 0.4) is 0 Å². The number of nitrogens with one attached hydrogen (secondary N) is 1. The van der Waals surface area contributed by atoms with E-state index in [1.165, 1.54) is 0 Å². The zero-order valence-electron chi connectivity index (χ0n) is 10.3. The number of halogens is 2. The lowest BCUT2D eigenvalue weighted by Gasteiger charge is -2.25. The van der Waals surface area contributed by atoms with Crippen LogP contribution < -0.4 is 5.32 Å². The van der Waals surface area contributed by atoms with Crippen molar-refractivity contribution >= 4 is 23.2 Å². The Bertz CT molecular complexity index is 369. The number of benzene rings is 1. The van der Waals surface area contributed by atoms with E-state index in [0.717, 1.165) is 37.8 Å². The minimum Gasteiger partial charge on any atom is -0.393 e. The Kier molecular flexibility index (Phi) is 5.31. The van der Waals surface area contributed by atoms with E-state index in [-0.39, 0.29) is 6.10 Å². The first-order valence-electron chi connectivity index (χ1n) is 6.48. The number of hydrogen-bond donors (Lipinski definition) is 2. The molecule has 0 atom stereocenters. The van der Waals surface area contributed by atoms with Crippen LogP contribution in [0.25, 0.3) is 0 Å². The van der Waals surface area contributed by atoms with Crippen LogP contribution in [0.5, 0.6) is 0 Å². The maximum absolute atomic E-state index is 9.45. The average Bonchev–Trinajstić information content (AvgIpc) is 2.35. The van der Waals surface area contributed by atoms with Crippen LogP contribution >= 0.6 is 23.2 Å². The molecule has 1 fully saturated rings. The van der Waals surface area contributed by atoms with Crippen molar-refractivity contribution in [2.45, 2.75) is 38.3 Å². The summed E-state index contributed by atoms with van der Waals surface area (Å²) < 4.78 is 0. The first-order valence-corrected chi connectivity index (χ1v) is 7.24. The van der Waals surface area contributed by atoms with E-state index in [0.29, 0.717) is 22.5 Å². The Morgan fingerprint density at radius 3 is 2.33 bits per heavy atom. The smallest absolute Gasteiger partial charge is 0.0540 e. The van der Waals surface area contributed by atoms with Gasteiger partial charge in [-0.05, 0) is 50.3 Å². The summed E-state index contributed by atoms with van der Waals surface area (Å²) in [5.41, 5.74) is 0.969. The minimum atomic E-state index is -0.0840. The van der Waals surface area contributed by atoms with Crippen LogP contribution in [-0.4, -0.2) is 17.8 Å². The molecule has 0 spiro atoms. The van der Waals surface area contributed by atoms with Crippen molar-refractivity contribution in [3.8, 4) is 0 Å². The Morgan fingerprint density at radius 1 is 1.11 bits per heavy atom. The van der Waals surface area contributed by atoms with Crippen molar-refractivity contribution < 1.29 is 5.11 Å². The maximum atomic E-state index is 9.45. The topological polar surface area (TPSA) is 32.3 Å². The molecule has 4 heteroatoms. The Morgan fingerprint density at radius 2 is 1.72 bits per heavy atom. The summed E-state index contributed by atoms with van der Waals surface area (Å²) in [5, 5.41) is 14.3. The van der Waals surface area contributed by atoms with Gasteiger partial charge in [0.25, 0.3) is 0 Å². The third-order valence-electron chi connectivity index (χ3n) is 3.61. The van der Waals surface area contributed by atoms with E-state index < -0.39 is 0 Å². The molecule has 1 aliphatic carbocycles. The van der Waals surface area contributed by atoms with Gasteiger partial charge < -0.3 is 10.4 Å². The van der Waals surface area contributed by atoms with Crippen molar-refractivity contribution in [2.75, 3.05) is 6.54 Å². The van der Waals surface area contributed by atoms with Gasteiger partial charge in [-0.2, -0.15) is 0 Å². The quantitative estimate of drug-likeness (QED) is 0.886. The second-order valence-electron chi connectivity index (χ2n) is 5.01. The highest BCUT2D eigenvalue weighted by atomic mass is 35.5. The molecule has 1 aliphatic rings. The van der Waals surface area contributed by atoms with Crippen LogP contribution in [0.15, 0.2) is 18.2 Å². The van der Waals surface area contributed by atoms with Crippen molar-refractivity contribution in [3.63, 3.8) is 0 Å². The normalized spacial score (nSPS) is 24.2. The third kappa shape index (κ3) is 3.86. The van der Waals surface area contributed by atoms with Gasteiger partial charge in [-0.15, -0.1) is 0 Å². The zero-order valence-corrected chi connectivity index (χ0v) is 11.8. The van der Waals surface area contributed by atoms with E-state index >= 15 is 0 Å². The molecular weight excluding hydrogens is 269 g/mol. The fourth-order valence-electron chi connectivity index (χ4n) is 2.45. The molecular formula is C14H19Cl2NO. The van der Waals surface area contributed by atoms with Gasteiger partial charge >= 0.3 is 0 Å². The molecule has 1 saturated carbocycles. The van der Waals surface area contributed by atoms with E-state index in [1.54, 1.807) is 0 Å². The van der Waals surface area contributed by atoms with Gasteiger partial charge in [-0.1, -0.05) is 29.3 Å². The maximum Gasteiger partial charge on any atom is 0.0540 e. The molecule has 100 valence electrons. The number of aliphatic hydroxyl groups is 1. The van der Waals surface area contributed by atoms with Crippen molar-refractivity contribution in [3.05, 3.63) is 33.8 Å². The first-order chi connectivity index (χ1) is 8.66. The molecule has 1 aromatic carbocycles. The average molecular weight is 288 g/mol. The molecule has 2 N–H and O–H groups in total. The molecule has 0 aromatic heterocycles. The van der Waals surface area contributed by atoms with Crippen molar-refractivity contribution in [1.82, 2.24) is 5.32 Å². The molecule has 0 aliphatic heterocycles. The lowest BCUT2D eigenvalue weighted by atomic mass is 9.87. The molecule has 0 unspecified atom stereocenters. The summed E-state index contributed by atoms with van der Waals surface area (Å²) in [6, 6.07) is 5.58. The number of aliphatic hydroxyl groups excluding tert-OH is 1. The number of rotatable bonds is 4. The lowest BCUT2D eigenvalue weighted by molar-refractivity contribution is 0.108. The van der Waals surface area contributed by atoms with Crippen LogP contribution in [0.4, 0.5) is 0 Å². The third-order valence-corrected chi connectivity index (χ3v) is 4.32. The SMILES string of the molecule is OC1CCC(CNCc2c(Cl)cccc2Cl)CC1. The summed E-state index contributed by atoms with van der Waals surface area (Å²) in [6.45, 7) is 1.67. The monoisotopic (exact) mass is 287 g/mol. The first kappa shape index (κ1) is 14.1. The second-order valence-corrected chi connectivity index (χ2v) is 5.82. The highest BCUT2D eigenvalue weighted by Gasteiger charge is 2.18. The van der Waals surface area contributed by atoms with Crippen molar-refractivity contribution in [2.24, 2.45) is 5.92 Å². The molecule has 18 heavy (non-hydrogen) atoms. The summed E-state index contributed by atoms with van der Waals surface area (Å²) >= 11 is 12.2. The molecule has 2 nitrogen and oxygen atoms in total. The minimum absolute atomic E-state index is 0.0840. The van der Waals surface area contributed by atoms with Crippen molar-refractivity contribution in [1.29, 1.82) is 0 Å². The zero-order chi connectivity index (χ0) is 13.0. The summed E-state index contributed by atoms with van der Waals surface area (Å²) in [4.78, 5) is 0. The largest absolute Gasteiger partial charge is 0.393 e. The fourth-order valence-corrected chi connectivity index (χ4v) is 2.98. The van der Waals surface area contributed by atoms with Gasteiger partial charge in [0.1, 0.15) is 0 Å². The Balaban J connectivity index is 1.78. The summed E-state index contributed by atoms with van der Waals surface area (Å²) in [7, 11) is 0. The molecule has 1 aromatic rings. The van der Waals surface area contributed by atoms with E-state index in [4.69, 9.17) is 23.2 Å². The molecule has 0 saturated heterocycles. The van der Waals surface area contributed by atoms with Gasteiger partial charge in [0.15, 0.2) is 0 Å². The molecule has 0 heterocycles. The molecule has 0 bridgehead atoms. The van der Waals surface area contributed by atoms with Gasteiger partial charge in [-0.3, -0.25) is 0 Å². The molecule has 0 radical (unpaired) electrons. The van der Waals surface area contributed by atoms with E-state index in [9.17, 15) is 5.11 Å². The summed E-state index contributed by atoms with van der Waals surface area (Å²) in [6.07, 6.45) is 3.98. The van der Waals surface area contributed by atoms with E-state index in [1.807, 2.05) is 18.2 Å². The Labute approximate surface area is 118 Å². The highest BCUT2D eigenvalue weighted by Crippen LogP contribution is 2.25. The van der Waals surface area contributed by atoms with Gasteiger partial charge in [0.05, 0.1) is 6.10 Å².